The summed E-state index contributed by atoms with van der Waals surface area (Å²) in [6.45, 7) is 13.0. The van der Waals surface area contributed by atoms with Gasteiger partial charge in [0.1, 0.15) is 0 Å². The summed E-state index contributed by atoms with van der Waals surface area (Å²) in [4.78, 5) is 12.3. The number of carbonyl (C=O) groups excluding carboxylic acids is 1. The van der Waals surface area contributed by atoms with Crippen LogP contribution in [0.3, 0.4) is 0 Å². The zero-order chi connectivity index (χ0) is 18.1. The van der Waals surface area contributed by atoms with Gasteiger partial charge >= 0.3 is 0 Å². The molecule has 0 saturated heterocycles. The first-order valence-electron chi connectivity index (χ1n) is 9.48. The Morgan fingerprint density at radius 1 is 1.28 bits per heavy atom. The Hall–Kier alpha value is -1.59. The molecule has 3 saturated carbocycles. The number of fused-ring (bicyclic) bond motifs is 5. The van der Waals surface area contributed by atoms with E-state index in [1.165, 1.54) is 0 Å². The van der Waals surface area contributed by atoms with Gasteiger partial charge in [0.15, 0.2) is 5.78 Å². The summed E-state index contributed by atoms with van der Waals surface area (Å²) in [5, 5.41) is 10.7. The lowest BCUT2D eigenvalue weighted by Gasteiger charge is -2.58. The molecular formula is C23H28O2. The fourth-order valence-corrected chi connectivity index (χ4v) is 6.73. The zero-order valence-corrected chi connectivity index (χ0v) is 15.3. The molecular weight excluding hydrogens is 308 g/mol. The summed E-state index contributed by atoms with van der Waals surface area (Å²) in [6, 6.07) is 0. The number of ketones is 1. The normalized spacial score (nSPS) is 49.0. The molecule has 0 heterocycles. The molecule has 0 radical (unpaired) electrons. The van der Waals surface area contributed by atoms with Gasteiger partial charge in [0.25, 0.3) is 0 Å². The van der Waals surface area contributed by atoms with E-state index < -0.39 is 0 Å². The van der Waals surface area contributed by atoms with Gasteiger partial charge in [-0.25, -0.2) is 0 Å². The molecule has 1 unspecified atom stereocenters. The van der Waals surface area contributed by atoms with Crippen LogP contribution in [-0.2, 0) is 4.79 Å². The monoisotopic (exact) mass is 336 g/mol. The second-order valence-electron chi connectivity index (χ2n) is 9.30. The summed E-state index contributed by atoms with van der Waals surface area (Å²) >= 11 is 0. The van der Waals surface area contributed by atoms with Crippen LogP contribution in [0.2, 0.25) is 0 Å². The van der Waals surface area contributed by atoms with Gasteiger partial charge in [0.05, 0.1) is 12.0 Å². The Labute approximate surface area is 151 Å². The predicted molar refractivity (Wildman–Crippen MR) is 99.5 cm³/mol. The molecule has 0 aromatic heterocycles. The fourth-order valence-electron chi connectivity index (χ4n) is 6.73. The third-order valence-corrected chi connectivity index (χ3v) is 8.12. The van der Waals surface area contributed by atoms with Gasteiger partial charge < -0.3 is 5.11 Å². The average molecular weight is 336 g/mol. The molecule has 1 N–H and O–H groups in total. The minimum atomic E-state index is -0.386. The van der Waals surface area contributed by atoms with E-state index in [9.17, 15) is 9.90 Å². The summed E-state index contributed by atoms with van der Waals surface area (Å²) in [5.41, 5.74) is 3.11. The van der Waals surface area contributed by atoms with Crippen molar-refractivity contribution in [3.63, 3.8) is 0 Å². The van der Waals surface area contributed by atoms with Crippen LogP contribution in [0.5, 0.6) is 0 Å². The quantitative estimate of drug-likeness (QED) is 0.535. The molecule has 4 aliphatic rings. The molecule has 2 nitrogen and oxygen atoms in total. The van der Waals surface area contributed by atoms with Crippen molar-refractivity contribution < 1.29 is 9.90 Å². The van der Waals surface area contributed by atoms with Crippen LogP contribution in [0.25, 0.3) is 0 Å². The molecule has 0 aromatic rings. The molecule has 3 fully saturated rings. The van der Waals surface area contributed by atoms with E-state index in [0.717, 1.165) is 48.8 Å². The third-order valence-electron chi connectivity index (χ3n) is 8.12. The number of hydrogen-bond acceptors (Lipinski definition) is 2. The summed E-state index contributed by atoms with van der Waals surface area (Å²) in [5.74, 6) is 3.92. The Balaban J connectivity index is 1.77. The minimum absolute atomic E-state index is 0.0634. The number of aliphatic hydroxyl groups is 1. The maximum atomic E-state index is 12.3. The van der Waals surface area contributed by atoms with Gasteiger partial charge in [-0.15, -0.1) is 6.42 Å². The van der Waals surface area contributed by atoms with Crippen molar-refractivity contribution in [2.45, 2.75) is 52.1 Å². The van der Waals surface area contributed by atoms with Crippen molar-refractivity contribution in [3.05, 3.63) is 36.0 Å². The van der Waals surface area contributed by atoms with Crippen LogP contribution in [0, 0.1) is 46.8 Å². The van der Waals surface area contributed by atoms with Crippen molar-refractivity contribution in [1.82, 2.24) is 0 Å². The van der Waals surface area contributed by atoms with Crippen molar-refractivity contribution in [1.29, 1.82) is 0 Å². The van der Waals surface area contributed by atoms with E-state index in [4.69, 9.17) is 6.42 Å². The number of aliphatic hydroxyl groups excluding tert-OH is 1. The molecule has 0 aliphatic heterocycles. The SMILES string of the molecule is C#CC1C[C@@]2(C)C(=CC1=O)C(=C)C[C@H]1[C@@H]3CC(=C)[C@H](O)[C@@]3(C)CC[C@@H]12. The molecule has 0 spiro atoms. The van der Waals surface area contributed by atoms with Gasteiger partial charge in [-0.05, 0) is 72.5 Å². The molecule has 0 aromatic carbocycles. The smallest absolute Gasteiger partial charge is 0.170 e. The van der Waals surface area contributed by atoms with Crippen molar-refractivity contribution in [2.75, 3.05) is 0 Å². The lowest BCUT2D eigenvalue weighted by molar-refractivity contribution is -0.120. The van der Waals surface area contributed by atoms with Gasteiger partial charge in [-0.1, -0.05) is 38.5 Å². The van der Waals surface area contributed by atoms with Crippen LogP contribution in [-0.4, -0.2) is 17.0 Å². The van der Waals surface area contributed by atoms with Crippen molar-refractivity contribution >= 4 is 5.78 Å². The number of carbonyl (C=O) groups is 1. The number of allylic oxidation sites excluding steroid dienone is 2. The first-order valence-corrected chi connectivity index (χ1v) is 9.48. The van der Waals surface area contributed by atoms with Crippen LogP contribution < -0.4 is 0 Å². The summed E-state index contributed by atoms with van der Waals surface area (Å²) < 4.78 is 0. The van der Waals surface area contributed by atoms with E-state index in [0.29, 0.717) is 17.8 Å². The van der Waals surface area contributed by atoms with Crippen LogP contribution in [0.15, 0.2) is 36.0 Å². The van der Waals surface area contributed by atoms with Crippen LogP contribution in [0.1, 0.15) is 46.0 Å². The van der Waals surface area contributed by atoms with E-state index >= 15 is 0 Å². The first kappa shape index (κ1) is 16.9. The van der Waals surface area contributed by atoms with Gasteiger partial charge in [-0.3, -0.25) is 4.79 Å². The highest BCUT2D eigenvalue weighted by atomic mass is 16.3. The highest BCUT2D eigenvalue weighted by molar-refractivity contribution is 5.96. The lowest BCUT2D eigenvalue weighted by Crippen LogP contribution is -2.52. The van der Waals surface area contributed by atoms with Crippen molar-refractivity contribution in [2.24, 2.45) is 34.5 Å². The zero-order valence-electron chi connectivity index (χ0n) is 15.3. The van der Waals surface area contributed by atoms with Gasteiger partial charge in [0, 0.05) is 5.41 Å². The molecule has 7 atom stereocenters. The lowest BCUT2D eigenvalue weighted by atomic mass is 9.46. The molecule has 0 amide bonds. The molecule has 25 heavy (non-hydrogen) atoms. The molecule has 132 valence electrons. The predicted octanol–water partition coefficient (Wildman–Crippen LogP) is 4.07. The Bertz CT molecular complexity index is 751. The third kappa shape index (κ3) is 2.05. The van der Waals surface area contributed by atoms with E-state index in [2.05, 4.69) is 32.9 Å². The van der Waals surface area contributed by atoms with Gasteiger partial charge in [0.2, 0.25) is 0 Å². The molecule has 4 rings (SSSR count). The topological polar surface area (TPSA) is 37.3 Å². The highest BCUT2D eigenvalue weighted by Gasteiger charge is 2.60. The number of rotatable bonds is 0. The summed E-state index contributed by atoms with van der Waals surface area (Å²) in [7, 11) is 0. The van der Waals surface area contributed by atoms with E-state index in [-0.39, 0.29) is 28.6 Å². The standard InChI is InChI=1S/C23H28O2/c1-6-15-12-23(5)17-7-8-22(4)19(10-14(3)21(22)25)16(17)9-13(2)18(23)11-20(15)24/h1,11,15-17,19,21,25H,2-3,7-10,12H2,4-5H3/t15?,16-,17+,19+,21+,22+,23-/m1/s1. The van der Waals surface area contributed by atoms with Crippen molar-refractivity contribution in [3.8, 4) is 12.3 Å². The van der Waals surface area contributed by atoms with Crippen LogP contribution >= 0.6 is 0 Å². The molecule has 0 bridgehead atoms. The minimum Gasteiger partial charge on any atom is -0.388 e. The maximum absolute atomic E-state index is 12.3. The first-order chi connectivity index (χ1) is 11.7. The summed E-state index contributed by atoms with van der Waals surface area (Å²) in [6.07, 6.45) is 11.7. The molecule has 4 aliphatic carbocycles. The van der Waals surface area contributed by atoms with E-state index in [1.807, 2.05) is 0 Å². The Kier molecular flexibility index (Phi) is 3.51. The fraction of sp³-hybridized carbons (Fsp3) is 0.609. The van der Waals surface area contributed by atoms with E-state index in [1.54, 1.807) is 6.08 Å². The molecule has 2 heteroatoms. The highest BCUT2D eigenvalue weighted by Crippen LogP contribution is 2.66. The number of hydrogen-bond donors (Lipinski definition) is 1. The Morgan fingerprint density at radius 2 is 2.00 bits per heavy atom. The van der Waals surface area contributed by atoms with Crippen LogP contribution in [0.4, 0.5) is 0 Å². The largest absolute Gasteiger partial charge is 0.388 e. The number of terminal acetylenes is 1. The average Bonchev–Trinajstić information content (AvgIpc) is 2.80. The van der Waals surface area contributed by atoms with Gasteiger partial charge in [-0.2, -0.15) is 0 Å². The Morgan fingerprint density at radius 3 is 2.68 bits per heavy atom. The maximum Gasteiger partial charge on any atom is 0.170 e. The second kappa shape index (κ2) is 5.21. The second-order valence-corrected chi connectivity index (χ2v) is 9.30.